The molecule has 1 aliphatic rings. The molecule has 2 unspecified atom stereocenters. The van der Waals surface area contributed by atoms with Gasteiger partial charge >= 0.3 is 82.3 Å². The standard InChI is InChI=1S/C10H12N2O6S.C4H6N2O5S.C4H9O.K/c11-9(13)6-7-10(12(14)15)19(16,17)18-8-4-2-1-3-5-8;7-3-1-2-4(6(8)9)12(10,11)5-3;1-4(2,3)5;/h1-5,10H,6-7H2,(H2,11,13);4H,1-2H2,(H,5,7);1-3H3;/q;;-1;+1. The number of benzene rings is 1. The van der Waals surface area contributed by atoms with Gasteiger partial charge in [-0.3, -0.25) is 29.8 Å². The number of hydrogen-bond donors (Lipinski definition) is 2. The van der Waals surface area contributed by atoms with Crippen molar-refractivity contribution in [2.45, 2.75) is 62.8 Å². The van der Waals surface area contributed by atoms with Gasteiger partial charge in [-0.2, -0.15) is 16.8 Å². The SMILES string of the molecule is CC(C)(C)[O-].NC(=O)CCC([N+](=O)[O-])S(=O)(=O)Oc1ccccc1.O=C1CCC([N+](=O)[O-])S(=O)(=O)N1.[K+]. The maximum atomic E-state index is 11.7. The van der Waals surface area contributed by atoms with Crippen molar-refractivity contribution in [2.75, 3.05) is 0 Å². The van der Waals surface area contributed by atoms with Gasteiger partial charge in [-0.15, -0.1) is 5.60 Å². The third-order valence-electron chi connectivity index (χ3n) is 3.63. The van der Waals surface area contributed by atoms with Crippen LogP contribution in [0.15, 0.2) is 30.3 Å². The molecule has 1 fully saturated rings. The molecule has 1 aliphatic heterocycles. The molecule has 2 atom stereocenters. The fourth-order valence-electron chi connectivity index (χ4n) is 2.19. The number of sulfonamides is 1. The molecule has 1 saturated heterocycles. The average molecular weight is 595 g/mol. The Balaban J connectivity index is 0. The van der Waals surface area contributed by atoms with Crippen LogP contribution in [0.3, 0.4) is 0 Å². The summed E-state index contributed by atoms with van der Waals surface area (Å²) in [5.41, 5.74) is 4.09. The normalized spacial score (nSPS) is 17.1. The molecule has 1 aromatic carbocycles. The van der Waals surface area contributed by atoms with Gasteiger partial charge in [-0.25, -0.2) is 4.72 Å². The van der Waals surface area contributed by atoms with E-state index in [1.165, 1.54) is 24.3 Å². The van der Waals surface area contributed by atoms with Crippen molar-refractivity contribution in [3.05, 3.63) is 50.6 Å². The number of nitrogens with two attached hydrogens (primary N) is 1. The Labute approximate surface area is 256 Å². The molecule has 2 rings (SSSR count). The molecule has 0 saturated carbocycles. The van der Waals surface area contributed by atoms with E-state index in [0.29, 0.717) is 0 Å². The number of nitrogens with one attached hydrogen (secondary N) is 1. The quantitative estimate of drug-likeness (QED) is 0.127. The Morgan fingerprint density at radius 3 is 2.08 bits per heavy atom. The van der Waals surface area contributed by atoms with Gasteiger partial charge in [0.1, 0.15) is 5.75 Å². The number of carbonyl (C=O) groups excluding carboxylic acids is 2. The molecular formula is C18H27KN4O12S2. The number of hydrogen-bond acceptors (Lipinski definition) is 12. The summed E-state index contributed by atoms with van der Waals surface area (Å²) in [5, 5.41) is 27.3. The predicted octanol–water partition coefficient (Wildman–Crippen LogP) is -3.76. The molecule has 2 amide bonds. The second-order valence-electron chi connectivity index (χ2n) is 8.10. The van der Waals surface area contributed by atoms with Crippen molar-refractivity contribution >= 4 is 32.0 Å². The molecule has 0 aliphatic carbocycles. The molecule has 37 heavy (non-hydrogen) atoms. The minimum Gasteiger partial charge on any atom is -0.850 e. The van der Waals surface area contributed by atoms with E-state index in [0.717, 1.165) is 0 Å². The van der Waals surface area contributed by atoms with Crippen LogP contribution in [0.2, 0.25) is 0 Å². The Morgan fingerprint density at radius 1 is 1.22 bits per heavy atom. The van der Waals surface area contributed by atoms with Gasteiger partial charge in [0.25, 0.3) is 0 Å². The van der Waals surface area contributed by atoms with Crippen molar-refractivity contribution in [1.82, 2.24) is 4.72 Å². The minimum absolute atomic E-state index is 0. The molecule has 0 spiro atoms. The largest absolute Gasteiger partial charge is 1.00 e. The number of nitrogens with zero attached hydrogens (tertiary/aromatic N) is 2. The summed E-state index contributed by atoms with van der Waals surface area (Å²) in [6, 6.07) is 7.38. The van der Waals surface area contributed by atoms with E-state index >= 15 is 0 Å². The zero-order valence-electron chi connectivity index (χ0n) is 20.6. The van der Waals surface area contributed by atoms with E-state index in [1.54, 1.807) is 31.6 Å². The fraction of sp³-hybridized carbons (Fsp3) is 0.556. The summed E-state index contributed by atoms with van der Waals surface area (Å²) in [7, 11) is -8.55. The van der Waals surface area contributed by atoms with Crippen LogP contribution < -0.4 is 71.1 Å². The third-order valence-corrected chi connectivity index (χ3v) is 6.76. The zero-order valence-corrected chi connectivity index (χ0v) is 25.3. The first-order valence-electron chi connectivity index (χ1n) is 10.0. The van der Waals surface area contributed by atoms with E-state index < -0.39 is 71.0 Å². The summed E-state index contributed by atoms with van der Waals surface area (Å²) in [5.74, 6) is -1.54. The Hall–Kier alpha value is -1.74. The van der Waals surface area contributed by atoms with Crippen LogP contribution in [0.4, 0.5) is 0 Å². The number of para-hydroxylation sites is 1. The molecule has 1 aromatic rings. The summed E-state index contributed by atoms with van der Waals surface area (Å²) >= 11 is 0. The summed E-state index contributed by atoms with van der Waals surface area (Å²) in [6.07, 6.45) is -1.31. The Bertz CT molecular complexity index is 1130. The monoisotopic (exact) mass is 594 g/mol. The summed E-state index contributed by atoms with van der Waals surface area (Å²) < 4.78 is 51.4. The molecular weight excluding hydrogens is 567 g/mol. The van der Waals surface area contributed by atoms with Crippen LogP contribution in [0.25, 0.3) is 0 Å². The number of amides is 2. The Morgan fingerprint density at radius 2 is 1.70 bits per heavy atom. The molecule has 16 nitrogen and oxygen atoms in total. The van der Waals surface area contributed by atoms with E-state index in [9.17, 15) is 51.8 Å². The summed E-state index contributed by atoms with van der Waals surface area (Å²) in [6.45, 7) is 4.90. The van der Waals surface area contributed by atoms with Crippen molar-refractivity contribution in [3.63, 3.8) is 0 Å². The second kappa shape index (κ2) is 16.3. The van der Waals surface area contributed by atoms with Gasteiger partial charge in [-0.05, 0) is 12.1 Å². The third kappa shape index (κ3) is 16.7. The molecule has 0 aromatic heterocycles. The van der Waals surface area contributed by atoms with Crippen molar-refractivity contribution < 1.29 is 96.9 Å². The zero-order chi connectivity index (χ0) is 28.3. The first kappa shape index (κ1) is 37.4. The smallest absolute Gasteiger partial charge is 0.850 e. The average Bonchev–Trinajstić information content (AvgIpc) is 2.65. The number of carbonyl (C=O) groups is 2. The topological polar surface area (TPSA) is 259 Å². The Kier molecular flexibility index (Phi) is 16.4. The van der Waals surface area contributed by atoms with Crippen molar-refractivity contribution in [1.29, 1.82) is 0 Å². The number of rotatable bonds is 8. The van der Waals surface area contributed by atoms with E-state index in [2.05, 4.69) is 4.18 Å². The van der Waals surface area contributed by atoms with Crippen LogP contribution in [-0.2, 0) is 29.7 Å². The van der Waals surface area contributed by atoms with Gasteiger partial charge < -0.3 is 15.0 Å². The van der Waals surface area contributed by atoms with Gasteiger partial charge in [0.05, 0.1) is 0 Å². The fourth-order valence-corrected chi connectivity index (χ4v) is 4.51. The maximum absolute atomic E-state index is 11.7. The van der Waals surface area contributed by atoms with E-state index in [1.807, 2.05) is 0 Å². The van der Waals surface area contributed by atoms with Crippen molar-refractivity contribution in [3.8, 4) is 5.75 Å². The number of primary amides is 1. The van der Waals surface area contributed by atoms with E-state index in [4.69, 9.17) is 5.73 Å². The minimum atomic E-state index is -4.48. The molecule has 204 valence electrons. The van der Waals surface area contributed by atoms with Crippen LogP contribution in [-0.4, -0.2) is 54.8 Å². The molecule has 1 heterocycles. The van der Waals surface area contributed by atoms with Gasteiger partial charge in [0, 0.05) is 35.5 Å². The second-order valence-corrected chi connectivity index (χ2v) is 11.6. The first-order valence-corrected chi connectivity index (χ1v) is 13.1. The van der Waals surface area contributed by atoms with E-state index in [-0.39, 0.29) is 70.0 Å². The van der Waals surface area contributed by atoms with Gasteiger partial charge in [-0.1, -0.05) is 39.0 Å². The van der Waals surface area contributed by atoms with Gasteiger partial charge in [0.2, 0.25) is 11.8 Å². The van der Waals surface area contributed by atoms with Crippen LogP contribution in [0.1, 0.15) is 46.5 Å². The number of nitro groups is 2. The van der Waals surface area contributed by atoms with Crippen LogP contribution in [0, 0.1) is 20.2 Å². The van der Waals surface area contributed by atoms with Gasteiger partial charge in [0.15, 0.2) is 0 Å². The maximum Gasteiger partial charge on any atom is 1.00 e. The summed E-state index contributed by atoms with van der Waals surface area (Å²) in [4.78, 5) is 40.1. The molecule has 0 bridgehead atoms. The predicted molar refractivity (Wildman–Crippen MR) is 122 cm³/mol. The molecule has 0 radical (unpaired) electrons. The molecule has 19 heteroatoms. The van der Waals surface area contributed by atoms with Crippen LogP contribution >= 0.6 is 0 Å². The van der Waals surface area contributed by atoms with Crippen LogP contribution in [0.5, 0.6) is 5.75 Å². The van der Waals surface area contributed by atoms with Crippen molar-refractivity contribution in [2.24, 2.45) is 5.73 Å². The molecule has 3 N–H and O–H groups in total. The first-order chi connectivity index (χ1) is 16.3.